The highest BCUT2D eigenvalue weighted by atomic mass is 32.2. The summed E-state index contributed by atoms with van der Waals surface area (Å²) in [5, 5.41) is 0. The molecule has 0 aromatic heterocycles. The van der Waals surface area contributed by atoms with Gasteiger partial charge in [0.15, 0.2) is 0 Å². The lowest BCUT2D eigenvalue weighted by molar-refractivity contribution is 0.187. The number of ether oxygens (including phenoxy) is 1. The number of piperazine rings is 1. The van der Waals surface area contributed by atoms with Crippen LogP contribution in [0.2, 0.25) is 0 Å². The summed E-state index contributed by atoms with van der Waals surface area (Å²) in [5.41, 5.74) is 2.37. The molecule has 0 unspecified atom stereocenters. The first-order chi connectivity index (χ1) is 13.0. The predicted molar refractivity (Wildman–Crippen MR) is 108 cm³/mol. The molecule has 0 saturated carbocycles. The second-order valence-corrected chi connectivity index (χ2v) is 8.95. The number of hydrogen-bond donors (Lipinski definition) is 0. The predicted octanol–water partition coefficient (Wildman–Crippen LogP) is 2.94. The van der Waals surface area contributed by atoms with Crippen LogP contribution in [0.5, 0.6) is 5.75 Å². The summed E-state index contributed by atoms with van der Waals surface area (Å²) in [7, 11) is -1.70. The van der Waals surface area contributed by atoms with Gasteiger partial charge in [-0.25, -0.2) is 8.42 Å². The van der Waals surface area contributed by atoms with E-state index >= 15 is 0 Å². The Bertz CT molecular complexity index is 825. The molecule has 1 heterocycles. The average Bonchev–Trinajstić information content (AvgIpc) is 2.69. The molecule has 6 heteroatoms. The minimum atomic E-state index is -3.38. The molecule has 0 radical (unpaired) electrons. The molecule has 1 aliphatic heterocycles. The Kier molecular flexibility index (Phi) is 6.52. The molecule has 2 aromatic rings. The quantitative estimate of drug-likeness (QED) is 0.732. The van der Waals surface area contributed by atoms with Crippen LogP contribution < -0.4 is 4.74 Å². The second kappa shape index (κ2) is 8.87. The summed E-state index contributed by atoms with van der Waals surface area (Å²) >= 11 is 0. The van der Waals surface area contributed by atoms with E-state index in [0.29, 0.717) is 18.0 Å². The largest absolute Gasteiger partial charge is 0.497 e. The number of rotatable bonds is 7. The minimum absolute atomic E-state index is 0.390. The molecule has 2 aromatic carbocycles. The van der Waals surface area contributed by atoms with Gasteiger partial charge in [0.05, 0.1) is 12.0 Å². The van der Waals surface area contributed by atoms with E-state index in [1.54, 1.807) is 23.5 Å². The van der Waals surface area contributed by atoms with E-state index in [4.69, 9.17) is 4.74 Å². The van der Waals surface area contributed by atoms with Crippen LogP contribution in [0, 0.1) is 6.92 Å². The Balaban J connectivity index is 1.46. The van der Waals surface area contributed by atoms with E-state index < -0.39 is 10.0 Å². The minimum Gasteiger partial charge on any atom is -0.497 e. The summed E-state index contributed by atoms with van der Waals surface area (Å²) in [6.07, 6.45) is 2.09. The van der Waals surface area contributed by atoms with Crippen molar-refractivity contribution in [1.29, 1.82) is 0 Å². The van der Waals surface area contributed by atoms with Gasteiger partial charge in [-0.05, 0) is 56.1 Å². The molecular formula is C21H28N2O3S. The number of aryl methyl sites for hydroxylation is 2. The van der Waals surface area contributed by atoms with Gasteiger partial charge in [-0.2, -0.15) is 4.31 Å². The fourth-order valence-corrected chi connectivity index (χ4v) is 4.77. The average molecular weight is 389 g/mol. The van der Waals surface area contributed by atoms with Gasteiger partial charge in [0.2, 0.25) is 10.0 Å². The summed E-state index contributed by atoms with van der Waals surface area (Å²) in [5.74, 6) is 0.879. The summed E-state index contributed by atoms with van der Waals surface area (Å²) in [6, 6.07) is 15.3. The van der Waals surface area contributed by atoms with Gasteiger partial charge in [0.1, 0.15) is 5.75 Å². The highest BCUT2D eigenvalue weighted by molar-refractivity contribution is 7.89. The maximum atomic E-state index is 12.8. The molecule has 3 rings (SSSR count). The number of benzene rings is 2. The van der Waals surface area contributed by atoms with Crippen molar-refractivity contribution in [3.63, 3.8) is 0 Å². The van der Waals surface area contributed by atoms with Crippen molar-refractivity contribution < 1.29 is 13.2 Å². The van der Waals surface area contributed by atoms with Crippen LogP contribution in [0.25, 0.3) is 0 Å². The van der Waals surface area contributed by atoms with Crippen molar-refractivity contribution in [1.82, 2.24) is 9.21 Å². The summed E-state index contributed by atoms with van der Waals surface area (Å²) in [4.78, 5) is 2.74. The van der Waals surface area contributed by atoms with Crippen LogP contribution in [0.3, 0.4) is 0 Å². The Morgan fingerprint density at radius 3 is 2.15 bits per heavy atom. The van der Waals surface area contributed by atoms with Crippen molar-refractivity contribution in [3.8, 4) is 5.75 Å². The molecule has 1 aliphatic rings. The normalized spacial score (nSPS) is 16.4. The maximum Gasteiger partial charge on any atom is 0.243 e. The van der Waals surface area contributed by atoms with E-state index in [9.17, 15) is 8.42 Å². The van der Waals surface area contributed by atoms with Crippen LogP contribution in [0.1, 0.15) is 17.5 Å². The Morgan fingerprint density at radius 2 is 1.56 bits per heavy atom. The Labute approximate surface area is 162 Å². The van der Waals surface area contributed by atoms with Crippen molar-refractivity contribution in [2.75, 3.05) is 39.8 Å². The standard InChI is InChI=1S/C21H28N2O3S/c1-18-5-11-21(12-6-18)27(24,25)23-16-14-22(15-17-23)13-3-4-19-7-9-20(26-2)10-8-19/h5-12H,3-4,13-17H2,1-2H3. The van der Waals surface area contributed by atoms with E-state index in [2.05, 4.69) is 17.0 Å². The van der Waals surface area contributed by atoms with Crippen molar-refractivity contribution in [2.45, 2.75) is 24.7 Å². The van der Waals surface area contributed by atoms with Gasteiger partial charge in [-0.1, -0.05) is 29.8 Å². The fraction of sp³-hybridized carbons (Fsp3) is 0.429. The van der Waals surface area contributed by atoms with E-state index in [0.717, 1.165) is 43.8 Å². The van der Waals surface area contributed by atoms with Gasteiger partial charge < -0.3 is 9.64 Å². The van der Waals surface area contributed by atoms with Gasteiger partial charge in [0, 0.05) is 26.2 Å². The van der Waals surface area contributed by atoms with Crippen LogP contribution in [-0.4, -0.2) is 57.5 Å². The molecule has 1 saturated heterocycles. The lowest BCUT2D eigenvalue weighted by atomic mass is 10.1. The zero-order valence-corrected chi connectivity index (χ0v) is 16.9. The molecule has 0 N–H and O–H groups in total. The van der Waals surface area contributed by atoms with Crippen molar-refractivity contribution in [3.05, 3.63) is 59.7 Å². The van der Waals surface area contributed by atoms with Crippen molar-refractivity contribution >= 4 is 10.0 Å². The van der Waals surface area contributed by atoms with Crippen LogP contribution in [0.4, 0.5) is 0 Å². The molecule has 1 fully saturated rings. The first kappa shape index (κ1) is 19.9. The molecule has 146 valence electrons. The molecule has 0 bridgehead atoms. The number of nitrogens with zero attached hydrogens (tertiary/aromatic N) is 2. The topological polar surface area (TPSA) is 49.9 Å². The Hall–Kier alpha value is -1.89. The smallest absolute Gasteiger partial charge is 0.243 e. The van der Waals surface area contributed by atoms with Gasteiger partial charge in [0.25, 0.3) is 0 Å². The number of hydrogen-bond acceptors (Lipinski definition) is 4. The second-order valence-electron chi connectivity index (χ2n) is 7.01. The lowest BCUT2D eigenvalue weighted by Gasteiger charge is -2.34. The molecule has 0 spiro atoms. The molecule has 0 atom stereocenters. The lowest BCUT2D eigenvalue weighted by Crippen LogP contribution is -2.48. The van der Waals surface area contributed by atoms with E-state index in [1.807, 2.05) is 31.2 Å². The molecular weight excluding hydrogens is 360 g/mol. The Morgan fingerprint density at radius 1 is 0.926 bits per heavy atom. The third-order valence-electron chi connectivity index (χ3n) is 5.09. The zero-order valence-electron chi connectivity index (χ0n) is 16.1. The first-order valence-corrected chi connectivity index (χ1v) is 10.8. The number of methoxy groups -OCH3 is 1. The van der Waals surface area contributed by atoms with Crippen LogP contribution in [0.15, 0.2) is 53.4 Å². The number of sulfonamides is 1. The van der Waals surface area contributed by atoms with Gasteiger partial charge in [-0.15, -0.1) is 0 Å². The van der Waals surface area contributed by atoms with E-state index in [-0.39, 0.29) is 0 Å². The monoisotopic (exact) mass is 388 g/mol. The van der Waals surface area contributed by atoms with Crippen LogP contribution >= 0.6 is 0 Å². The molecule has 0 aliphatic carbocycles. The van der Waals surface area contributed by atoms with E-state index in [1.165, 1.54) is 5.56 Å². The third-order valence-corrected chi connectivity index (χ3v) is 7.00. The van der Waals surface area contributed by atoms with Crippen molar-refractivity contribution in [2.24, 2.45) is 0 Å². The zero-order chi connectivity index (χ0) is 19.3. The molecule has 27 heavy (non-hydrogen) atoms. The molecule has 0 amide bonds. The first-order valence-electron chi connectivity index (χ1n) is 9.41. The third kappa shape index (κ3) is 5.09. The van der Waals surface area contributed by atoms with Crippen LogP contribution in [-0.2, 0) is 16.4 Å². The summed E-state index contributed by atoms with van der Waals surface area (Å²) in [6.45, 7) is 5.63. The SMILES string of the molecule is COc1ccc(CCCN2CCN(S(=O)(=O)c3ccc(C)cc3)CC2)cc1. The maximum absolute atomic E-state index is 12.8. The molecule has 5 nitrogen and oxygen atoms in total. The van der Waals surface area contributed by atoms with Gasteiger partial charge >= 0.3 is 0 Å². The highest BCUT2D eigenvalue weighted by Crippen LogP contribution is 2.18. The highest BCUT2D eigenvalue weighted by Gasteiger charge is 2.28. The van der Waals surface area contributed by atoms with Gasteiger partial charge in [-0.3, -0.25) is 0 Å². The fourth-order valence-electron chi connectivity index (χ4n) is 3.35. The summed E-state index contributed by atoms with van der Waals surface area (Å²) < 4.78 is 32.3.